The number of aryl methyl sites for hydroxylation is 1. The molecule has 3 aromatic rings. The zero-order chi connectivity index (χ0) is 17.4. The lowest BCUT2D eigenvalue weighted by Gasteiger charge is -2.17. The average molecular weight is 355 g/mol. The van der Waals surface area contributed by atoms with E-state index in [9.17, 15) is 4.21 Å². The van der Waals surface area contributed by atoms with Crippen LogP contribution in [0.2, 0.25) is 0 Å². The molecule has 1 aromatic carbocycles. The van der Waals surface area contributed by atoms with Gasteiger partial charge in [-0.15, -0.1) is 0 Å². The smallest absolute Gasteiger partial charge is 0.200 e. The molecule has 5 nitrogen and oxygen atoms in total. The minimum atomic E-state index is -1.26. The van der Waals surface area contributed by atoms with Gasteiger partial charge in [0.2, 0.25) is 5.16 Å². The van der Waals surface area contributed by atoms with Crippen molar-refractivity contribution >= 4 is 21.8 Å². The Morgan fingerprint density at radius 3 is 2.88 bits per heavy atom. The second kappa shape index (κ2) is 6.59. The van der Waals surface area contributed by atoms with Gasteiger partial charge in [-0.1, -0.05) is 18.6 Å². The maximum absolute atomic E-state index is 13.5. The molecule has 2 heterocycles. The summed E-state index contributed by atoms with van der Waals surface area (Å²) in [6.07, 6.45) is 5.61. The molecule has 25 heavy (non-hydrogen) atoms. The lowest BCUT2D eigenvalue weighted by Crippen LogP contribution is -2.13. The quantitative estimate of drug-likeness (QED) is 0.674. The summed E-state index contributed by atoms with van der Waals surface area (Å²) in [7, 11) is 2.35. The second-order valence-electron chi connectivity index (χ2n) is 6.35. The van der Waals surface area contributed by atoms with Crippen LogP contribution in [0, 0.1) is 0 Å². The van der Waals surface area contributed by atoms with Crippen molar-refractivity contribution in [1.29, 1.82) is 0 Å². The molecule has 0 amide bonds. The van der Waals surface area contributed by atoms with Gasteiger partial charge >= 0.3 is 0 Å². The summed E-state index contributed by atoms with van der Waals surface area (Å²) in [5.74, 6) is 0.846. The van der Waals surface area contributed by atoms with Crippen LogP contribution in [-0.2, 0) is 24.3 Å². The van der Waals surface area contributed by atoms with Gasteiger partial charge in [-0.25, -0.2) is 4.98 Å². The van der Waals surface area contributed by atoms with Gasteiger partial charge in [0.15, 0.2) is 0 Å². The molecule has 0 saturated heterocycles. The third-order valence-corrected chi connectivity index (χ3v) is 6.60. The monoisotopic (exact) mass is 355 g/mol. The maximum atomic E-state index is 13.5. The predicted molar refractivity (Wildman–Crippen MR) is 98.2 cm³/mol. The molecule has 6 heteroatoms. The van der Waals surface area contributed by atoms with Crippen LogP contribution in [0.1, 0.15) is 35.8 Å². The number of fused-ring (bicyclic) bond motifs is 2. The second-order valence-corrected chi connectivity index (χ2v) is 7.88. The maximum Gasteiger partial charge on any atom is 0.200 e. The van der Waals surface area contributed by atoms with Crippen molar-refractivity contribution in [2.45, 2.75) is 36.1 Å². The zero-order valence-electron chi connectivity index (χ0n) is 14.4. The number of nitrogens with zero attached hydrogens (tertiary/aromatic N) is 3. The van der Waals surface area contributed by atoms with Crippen LogP contribution in [0.25, 0.3) is 11.0 Å². The summed E-state index contributed by atoms with van der Waals surface area (Å²) in [5, 5.41) is 0.465. The predicted octanol–water partition coefficient (Wildman–Crippen LogP) is 3.55. The molecule has 130 valence electrons. The summed E-state index contributed by atoms with van der Waals surface area (Å²) in [5.41, 5.74) is 3.88. The van der Waals surface area contributed by atoms with Gasteiger partial charge in [0, 0.05) is 18.8 Å². The number of ether oxygens (including phenoxy) is 1. The number of pyridine rings is 1. The Morgan fingerprint density at radius 2 is 2.08 bits per heavy atom. The third-order valence-electron chi connectivity index (χ3n) is 4.90. The first-order valence-electron chi connectivity index (χ1n) is 8.54. The first kappa shape index (κ1) is 16.3. The van der Waals surface area contributed by atoms with Crippen molar-refractivity contribution in [3.8, 4) is 5.75 Å². The van der Waals surface area contributed by atoms with E-state index < -0.39 is 10.8 Å². The summed E-state index contributed by atoms with van der Waals surface area (Å²) in [6, 6.07) is 9.78. The van der Waals surface area contributed by atoms with Gasteiger partial charge < -0.3 is 9.30 Å². The van der Waals surface area contributed by atoms with E-state index in [1.54, 1.807) is 13.3 Å². The van der Waals surface area contributed by atoms with Crippen molar-refractivity contribution in [3.05, 3.63) is 47.8 Å². The van der Waals surface area contributed by atoms with E-state index >= 15 is 0 Å². The molecule has 0 aliphatic heterocycles. The standard InChI is InChI=1S/C19H21N3O2S/c1-22-15-9-5-4-8-14(15)21-19(22)25(23)17-10-6-3-7-13-16(24-2)11-12-20-18(13)17/h4-5,8-9,11-12,17H,3,6-7,10H2,1-2H3/t17-,25+/m0/s1. The number of hydrogen-bond acceptors (Lipinski definition) is 4. The number of hydrogen-bond donors (Lipinski definition) is 0. The Bertz CT molecular complexity index is 951. The number of imidazole rings is 1. The number of benzene rings is 1. The number of para-hydroxylation sites is 2. The SMILES string of the molecule is COc1ccnc2c1CCCC[C@@H]2[S@@](=O)c1nc2ccccc2n1C. The molecular formula is C19H21N3O2S. The molecule has 0 fully saturated rings. The number of methoxy groups -OCH3 is 1. The summed E-state index contributed by atoms with van der Waals surface area (Å²) >= 11 is 0. The summed E-state index contributed by atoms with van der Waals surface area (Å²) < 4.78 is 20.9. The van der Waals surface area contributed by atoms with Crippen molar-refractivity contribution in [1.82, 2.24) is 14.5 Å². The molecule has 2 aromatic heterocycles. The fourth-order valence-corrected chi connectivity index (χ4v) is 5.21. The van der Waals surface area contributed by atoms with Crippen molar-refractivity contribution in [3.63, 3.8) is 0 Å². The molecule has 1 aliphatic carbocycles. The van der Waals surface area contributed by atoms with Crippen molar-refractivity contribution in [2.24, 2.45) is 7.05 Å². The Labute approximate surface area is 149 Å². The highest BCUT2D eigenvalue weighted by Gasteiger charge is 2.30. The highest BCUT2D eigenvalue weighted by molar-refractivity contribution is 7.85. The molecule has 0 bridgehead atoms. The van der Waals surface area contributed by atoms with Crippen LogP contribution >= 0.6 is 0 Å². The van der Waals surface area contributed by atoms with E-state index in [2.05, 4.69) is 9.97 Å². The van der Waals surface area contributed by atoms with Crippen LogP contribution in [0.3, 0.4) is 0 Å². The van der Waals surface area contributed by atoms with Crippen molar-refractivity contribution in [2.75, 3.05) is 7.11 Å². The topological polar surface area (TPSA) is 57.0 Å². The molecule has 0 spiro atoms. The Morgan fingerprint density at radius 1 is 1.24 bits per heavy atom. The van der Waals surface area contributed by atoms with Crippen LogP contribution in [0.4, 0.5) is 0 Å². The van der Waals surface area contributed by atoms with Crippen LogP contribution < -0.4 is 4.74 Å². The molecule has 0 N–H and O–H groups in total. The summed E-state index contributed by atoms with van der Waals surface area (Å²) in [6.45, 7) is 0. The first-order chi connectivity index (χ1) is 12.2. The van der Waals surface area contributed by atoms with E-state index in [0.29, 0.717) is 5.16 Å². The van der Waals surface area contributed by atoms with Gasteiger partial charge in [-0.05, 0) is 37.5 Å². The molecule has 4 rings (SSSR count). The van der Waals surface area contributed by atoms with Gasteiger partial charge in [-0.2, -0.15) is 0 Å². The zero-order valence-corrected chi connectivity index (χ0v) is 15.3. The number of aromatic nitrogens is 3. The van der Waals surface area contributed by atoms with Crippen molar-refractivity contribution < 1.29 is 8.95 Å². The third kappa shape index (κ3) is 2.74. The lowest BCUT2D eigenvalue weighted by atomic mass is 10.1. The fraction of sp³-hybridized carbons (Fsp3) is 0.368. The highest BCUT2D eigenvalue weighted by atomic mass is 32.2. The Balaban J connectivity index is 1.81. The minimum absolute atomic E-state index is 0.150. The molecule has 0 unspecified atom stereocenters. The number of rotatable bonds is 3. The van der Waals surface area contributed by atoms with Gasteiger partial charge in [-0.3, -0.25) is 9.19 Å². The van der Waals surface area contributed by atoms with E-state index in [-0.39, 0.29) is 5.25 Å². The van der Waals surface area contributed by atoms with Crippen LogP contribution in [0.15, 0.2) is 41.7 Å². The van der Waals surface area contributed by atoms with Gasteiger partial charge in [0.25, 0.3) is 0 Å². The first-order valence-corrected chi connectivity index (χ1v) is 9.76. The lowest BCUT2D eigenvalue weighted by molar-refractivity contribution is 0.408. The van der Waals surface area contributed by atoms with E-state index in [1.807, 2.05) is 41.9 Å². The average Bonchev–Trinajstić information content (AvgIpc) is 2.84. The van der Waals surface area contributed by atoms with Gasteiger partial charge in [0.05, 0.1) is 39.9 Å². The van der Waals surface area contributed by atoms with Gasteiger partial charge in [0.1, 0.15) is 5.75 Å². The fourth-order valence-electron chi connectivity index (χ4n) is 3.62. The Hall–Kier alpha value is -2.21. The molecule has 0 radical (unpaired) electrons. The molecule has 1 aliphatic rings. The van der Waals surface area contributed by atoms with Crippen LogP contribution in [0.5, 0.6) is 5.75 Å². The van der Waals surface area contributed by atoms with Crippen LogP contribution in [-0.4, -0.2) is 25.9 Å². The van der Waals surface area contributed by atoms with E-state index in [4.69, 9.17) is 4.74 Å². The summed E-state index contributed by atoms with van der Waals surface area (Å²) in [4.78, 5) is 9.23. The molecule has 2 atom stereocenters. The van der Waals surface area contributed by atoms with E-state index in [0.717, 1.165) is 53.7 Å². The largest absolute Gasteiger partial charge is 0.496 e. The Kier molecular flexibility index (Phi) is 4.29. The molecular weight excluding hydrogens is 334 g/mol. The highest BCUT2D eigenvalue weighted by Crippen LogP contribution is 2.37. The van der Waals surface area contributed by atoms with E-state index in [1.165, 1.54) is 0 Å². The molecule has 0 saturated carbocycles. The minimum Gasteiger partial charge on any atom is -0.496 e. The normalized spacial score (nSPS) is 18.6.